The van der Waals surface area contributed by atoms with Crippen molar-refractivity contribution in [1.82, 2.24) is 4.90 Å². The molecular weight excluding hydrogens is 246 g/mol. The van der Waals surface area contributed by atoms with Crippen molar-refractivity contribution in [2.45, 2.75) is 12.8 Å². The predicted octanol–water partition coefficient (Wildman–Crippen LogP) is 1.93. The largest absolute Gasteiger partial charge is 0.481 e. The minimum Gasteiger partial charge on any atom is -0.481 e. The molecule has 0 aliphatic carbocycles. The second-order valence-electron chi connectivity index (χ2n) is 4.92. The number of aryl methyl sites for hydroxylation is 1. The lowest BCUT2D eigenvalue weighted by Crippen LogP contribution is -2.28. The smallest absolute Gasteiger partial charge is 0.407 e. The Kier molecular flexibility index (Phi) is 4.04. The summed E-state index contributed by atoms with van der Waals surface area (Å²) in [7, 11) is 0. The highest BCUT2D eigenvalue weighted by Crippen LogP contribution is 2.28. The number of amides is 1. The van der Waals surface area contributed by atoms with Crippen LogP contribution in [0.3, 0.4) is 0 Å². The van der Waals surface area contributed by atoms with Gasteiger partial charge >= 0.3 is 12.1 Å². The first-order valence-corrected chi connectivity index (χ1v) is 6.32. The van der Waals surface area contributed by atoms with Crippen LogP contribution in [-0.4, -0.2) is 40.3 Å². The zero-order chi connectivity index (χ0) is 13.8. The van der Waals surface area contributed by atoms with Gasteiger partial charge in [0.2, 0.25) is 0 Å². The molecular formula is C14H17NO4. The first kappa shape index (κ1) is 13.4. The average molecular weight is 263 g/mol. The van der Waals surface area contributed by atoms with Gasteiger partial charge in [-0.1, -0.05) is 30.3 Å². The molecule has 1 aliphatic heterocycles. The Hall–Kier alpha value is -2.04. The van der Waals surface area contributed by atoms with Crippen LogP contribution in [0.4, 0.5) is 4.79 Å². The molecule has 2 rings (SSSR count). The maximum atomic E-state index is 11.2. The highest BCUT2D eigenvalue weighted by molar-refractivity contribution is 5.73. The van der Waals surface area contributed by atoms with Gasteiger partial charge in [-0.3, -0.25) is 4.79 Å². The normalized spacial score (nSPS) is 22.4. The summed E-state index contributed by atoms with van der Waals surface area (Å²) in [6.45, 7) is 0.420. The number of benzene rings is 1. The molecule has 19 heavy (non-hydrogen) atoms. The lowest BCUT2D eigenvalue weighted by molar-refractivity contribution is -0.142. The van der Waals surface area contributed by atoms with Crippen molar-refractivity contribution in [1.29, 1.82) is 0 Å². The van der Waals surface area contributed by atoms with Gasteiger partial charge in [0, 0.05) is 13.1 Å². The molecule has 2 N–H and O–H groups in total. The van der Waals surface area contributed by atoms with Crippen molar-refractivity contribution in [3.63, 3.8) is 0 Å². The Morgan fingerprint density at radius 2 is 1.84 bits per heavy atom. The second kappa shape index (κ2) is 5.73. The van der Waals surface area contributed by atoms with Crippen molar-refractivity contribution in [3.05, 3.63) is 35.9 Å². The fourth-order valence-electron chi connectivity index (χ4n) is 2.60. The van der Waals surface area contributed by atoms with Crippen LogP contribution in [0.2, 0.25) is 0 Å². The Bertz CT molecular complexity index is 460. The van der Waals surface area contributed by atoms with Gasteiger partial charge in [-0.2, -0.15) is 0 Å². The SMILES string of the molecule is O=C(O)[C@H]1CN(C(=O)O)C[C@@H]1CCc1ccccc1. The van der Waals surface area contributed by atoms with Crippen molar-refractivity contribution < 1.29 is 19.8 Å². The molecule has 1 aliphatic rings. The number of likely N-dealkylation sites (tertiary alicyclic amines) is 1. The van der Waals surface area contributed by atoms with E-state index in [0.717, 1.165) is 12.0 Å². The molecule has 1 heterocycles. The van der Waals surface area contributed by atoms with Crippen LogP contribution < -0.4 is 0 Å². The molecule has 1 aromatic carbocycles. The van der Waals surface area contributed by atoms with E-state index in [1.54, 1.807) is 0 Å². The molecule has 2 atom stereocenters. The summed E-state index contributed by atoms with van der Waals surface area (Å²) >= 11 is 0. The van der Waals surface area contributed by atoms with E-state index in [-0.39, 0.29) is 12.5 Å². The number of rotatable bonds is 4. The number of hydrogen-bond acceptors (Lipinski definition) is 2. The van der Waals surface area contributed by atoms with Crippen LogP contribution in [0.15, 0.2) is 30.3 Å². The number of carboxylic acid groups (broad SMARTS) is 2. The Balaban J connectivity index is 1.97. The minimum atomic E-state index is -1.03. The van der Waals surface area contributed by atoms with Gasteiger partial charge in [0.05, 0.1) is 5.92 Å². The van der Waals surface area contributed by atoms with Gasteiger partial charge < -0.3 is 15.1 Å². The van der Waals surface area contributed by atoms with Gasteiger partial charge in [-0.25, -0.2) is 4.79 Å². The molecule has 1 fully saturated rings. The van der Waals surface area contributed by atoms with Crippen LogP contribution in [0.5, 0.6) is 0 Å². The molecule has 5 nitrogen and oxygen atoms in total. The van der Waals surface area contributed by atoms with E-state index in [1.807, 2.05) is 30.3 Å². The van der Waals surface area contributed by atoms with Gasteiger partial charge in [-0.05, 0) is 24.3 Å². The van der Waals surface area contributed by atoms with E-state index in [1.165, 1.54) is 4.90 Å². The molecule has 0 spiro atoms. The Labute approximate surface area is 111 Å². The summed E-state index contributed by atoms with van der Waals surface area (Å²) in [6.07, 6.45) is 0.446. The van der Waals surface area contributed by atoms with Crippen molar-refractivity contribution in [2.75, 3.05) is 13.1 Å². The van der Waals surface area contributed by atoms with Crippen molar-refractivity contribution in [3.8, 4) is 0 Å². The van der Waals surface area contributed by atoms with Gasteiger partial charge in [0.15, 0.2) is 0 Å². The average Bonchev–Trinajstić information content (AvgIpc) is 2.82. The minimum absolute atomic E-state index is 0.101. The van der Waals surface area contributed by atoms with Crippen LogP contribution in [0, 0.1) is 11.8 Å². The third kappa shape index (κ3) is 3.24. The monoisotopic (exact) mass is 263 g/mol. The Morgan fingerprint density at radius 1 is 1.16 bits per heavy atom. The summed E-state index contributed by atoms with van der Waals surface area (Å²) < 4.78 is 0. The molecule has 0 radical (unpaired) electrons. The lowest BCUT2D eigenvalue weighted by Gasteiger charge is -2.13. The van der Waals surface area contributed by atoms with Crippen LogP contribution in [0.1, 0.15) is 12.0 Å². The maximum Gasteiger partial charge on any atom is 0.407 e. The zero-order valence-corrected chi connectivity index (χ0v) is 10.5. The summed E-state index contributed by atoms with van der Waals surface area (Å²) in [5.74, 6) is -1.59. The molecule has 0 unspecified atom stereocenters. The first-order chi connectivity index (χ1) is 9.08. The fourth-order valence-corrected chi connectivity index (χ4v) is 2.60. The molecule has 5 heteroatoms. The third-order valence-corrected chi connectivity index (χ3v) is 3.68. The van der Waals surface area contributed by atoms with Crippen molar-refractivity contribution in [2.24, 2.45) is 11.8 Å². The number of nitrogens with zero attached hydrogens (tertiary/aromatic N) is 1. The van der Waals surface area contributed by atoms with Gasteiger partial charge in [-0.15, -0.1) is 0 Å². The summed E-state index contributed by atoms with van der Waals surface area (Å²) in [5, 5.41) is 18.1. The number of aliphatic carboxylic acids is 1. The molecule has 1 saturated heterocycles. The number of carbonyl (C=O) groups is 2. The van der Waals surface area contributed by atoms with Crippen molar-refractivity contribution >= 4 is 12.1 Å². The molecule has 0 aromatic heterocycles. The van der Waals surface area contributed by atoms with Crippen LogP contribution >= 0.6 is 0 Å². The quantitative estimate of drug-likeness (QED) is 0.870. The standard InChI is InChI=1S/C14H17NO4/c16-13(17)12-9-15(14(18)19)8-11(12)7-6-10-4-2-1-3-5-10/h1-5,11-12H,6-9H2,(H,16,17)(H,18,19)/t11-,12-/m0/s1. The summed E-state index contributed by atoms with van der Waals surface area (Å²) in [5.41, 5.74) is 1.15. The Morgan fingerprint density at radius 3 is 2.42 bits per heavy atom. The molecule has 0 bridgehead atoms. The van der Waals surface area contributed by atoms with E-state index >= 15 is 0 Å². The van der Waals surface area contributed by atoms with E-state index < -0.39 is 18.0 Å². The topological polar surface area (TPSA) is 77.8 Å². The molecule has 0 saturated carbocycles. The first-order valence-electron chi connectivity index (χ1n) is 6.32. The fraction of sp³-hybridized carbons (Fsp3) is 0.429. The maximum absolute atomic E-state index is 11.2. The van der Waals surface area contributed by atoms with E-state index in [9.17, 15) is 9.59 Å². The van der Waals surface area contributed by atoms with E-state index in [4.69, 9.17) is 10.2 Å². The molecule has 102 valence electrons. The number of hydrogen-bond donors (Lipinski definition) is 2. The second-order valence-corrected chi connectivity index (χ2v) is 4.92. The van der Waals surface area contributed by atoms with E-state index in [2.05, 4.69) is 0 Å². The molecule has 1 aromatic rings. The molecule has 1 amide bonds. The van der Waals surface area contributed by atoms with Gasteiger partial charge in [0.1, 0.15) is 0 Å². The number of carboxylic acids is 1. The third-order valence-electron chi connectivity index (χ3n) is 3.68. The lowest BCUT2D eigenvalue weighted by atomic mass is 9.90. The van der Waals surface area contributed by atoms with Crippen LogP contribution in [-0.2, 0) is 11.2 Å². The highest BCUT2D eigenvalue weighted by atomic mass is 16.4. The van der Waals surface area contributed by atoms with Gasteiger partial charge in [0.25, 0.3) is 0 Å². The summed E-state index contributed by atoms with van der Waals surface area (Å²) in [6, 6.07) is 9.83. The predicted molar refractivity (Wildman–Crippen MR) is 69.0 cm³/mol. The van der Waals surface area contributed by atoms with Crippen LogP contribution in [0.25, 0.3) is 0 Å². The zero-order valence-electron chi connectivity index (χ0n) is 10.5. The highest BCUT2D eigenvalue weighted by Gasteiger charge is 2.39. The summed E-state index contributed by atoms with van der Waals surface area (Å²) in [4.78, 5) is 23.3. The van der Waals surface area contributed by atoms with E-state index in [0.29, 0.717) is 13.0 Å².